The van der Waals surface area contributed by atoms with E-state index >= 15 is 0 Å². The molecule has 0 radical (unpaired) electrons. The van der Waals surface area contributed by atoms with Gasteiger partial charge in [0, 0.05) is 19.3 Å². The van der Waals surface area contributed by atoms with Crippen LogP contribution < -0.4 is 0 Å². The fourth-order valence-corrected chi connectivity index (χ4v) is 7.76. The van der Waals surface area contributed by atoms with Crippen molar-refractivity contribution in [3.05, 3.63) is 0 Å². The third kappa shape index (κ3) is 45.5. The van der Waals surface area contributed by atoms with Gasteiger partial charge in [-0.3, -0.25) is 14.4 Å². The molecule has 6 nitrogen and oxygen atoms in total. The van der Waals surface area contributed by atoms with E-state index in [4.69, 9.17) is 14.2 Å². The second kappa shape index (κ2) is 43.5. The third-order valence-corrected chi connectivity index (χ3v) is 11.6. The zero-order chi connectivity index (χ0) is 42.7. The molecule has 0 aliphatic rings. The number of hydrogen-bond acceptors (Lipinski definition) is 6. The lowest BCUT2D eigenvalue weighted by Gasteiger charge is -2.18. The molecule has 0 heterocycles. The van der Waals surface area contributed by atoms with E-state index in [-0.39, 0.29) is 31.1 Å². The Bertz CT molecular complexity index is 898. The maximum Gasteiger partial charge on any atom is 0.306 e. The Kier molecular flexibility index (Phi) is 42.3. The van der Waals surface area contributed by atoms with Gasteiger partial charge in [0.05, 0.1) is 0 Å². The number of esters is 3. The van der Waals surface area contributed by atoms with Crippen LogP contribution in [0.2, 0.25) is 0 Å². The summed E-state index contributed by atoms with van der Waals surface area (Å²) in [6.07, 6.45) is 42.4. The Hall–Kier alpha value is -1.59. The molecular formula is C52H100O6. The molecule has 0 amide bonds. The lowest BCUT2D eigenvalue weighted by molar-refractivity contribution is -0.167. The highest BCUT2D eigenvalue weighted by Gasteiger charge is 2.19. The summed E-state index contributed by atoms with van der Waals surface area (Å²) < 4.78 is 16.8. The monoisotopic (exact) mass is 821 g/mol. The minimum Gasteiger partial charge on any atom is -0.462 e. The van der Waals surface area contributed by atoms with Gasteiger partial charge in [-0.1, -0.05) is 241 Å². The molecule has 6 heteroatoms. The lowest BCUT2D eigenvalue weighted by atomic mass is 10.0. The molecule has 0 saturated carbocycles. The van der Waals surface area contributed by atoms with Crippen LogP contribution in [0.25, 0.3) is 0 Å². The van der Waals surface area contributed by atoms with Crippen LogP contribution in [0.4, 0.5) is 0 Å². The van der Waals surface area contributed by atoms with Gasteiger partial charge in [-0.2, -0.15) is 0 Å². The second-order valence-corrected chi connectivity index (χ2v) is 19.2. The first-order chi connectivity index (χ1) is 28.1. The number of unbranched alkanes of at least 4 members (excludes halogenated alkanes) is 28. The molecule has 0 fully saturated rings. The topological polar surface area (TPSA) is 78.9 Å². The Balaban J connectivity index is 4.31. The molecule has 0 aromatic carbocycles. The van der Waals surface area contributed by atoms with Gasteiger partial charge in [0.25, 0.3) is 0 Å². The zero-order valence-corrected chi connectivity index (χ0v) is 39.8. The van der Waals surface area contributed by atoms with Crippen molar-refractivity contribution in [3.63, 3.8) is 0 Å². The van der Waals surface area contributed by atoms with Crippen LogP contribution in [0.3, 0.4) is 0 Å². The molecule has 0 aromatic rings. The van der Waals surface area contributed by atoms with E-state index in [1.54, 1.807) is 0 Å². The van der Waals surface area contributed by atoms with Gasteiger partial charge >= 0.3 is 17.9 Å². The fraction of sp³-hybridized carbons (Fsp3) is 0.942. The molecule has 0 aliphatic carbocycles. The maximum absolute atomic E-state index is 12.8. The normalized spacial score (nSPS) is 12.2. The molecule has 0 N–H and O–H groups in total. The standard InChI is InChI=1S/C52H100O6/c1-46(2)38-32-26-20-14-10-8-7-9-11-17-23-29-35-41-50(53)56-44-49(58-52(55)43-37-31-25-19-13-16-22-28-34-40-48(5)6)45-57-51(54)42-36-30-24-18-12-15-21-27-33-39-47(3)4/h46-49H,7-45H2,1-6H3/t49-/m1/s1. The van der Waals surface area contributed by atoms with E-state index < -0.39 is 6.10 Å². The summed E-state index contributed by atoms with van der Waals surface area (Å²) in [6.45, 7) is 13.7. The highest BCUT2D eigenvalue weighted by molar-refractivity contribution is 5.71. The minimum absolute atomic E-state index is 0.0650. The van der Waals surface area contributed by atoms with Crippen molar-refractivity contribution in [3.8, 4) is 0 Å². The summed E-state index contributed by atoms with van der Waals surface area (Å²) in [6, 6.07) is 0. The smallest absolute Gasteiger partial charge is 0.306 e. The van der Waals surface area contributed by atoms with Crippen molar-refractivity contribution in [2.24, 2.45) is 17.8 Å². The molecule has 0 bridgehead atoms. The second-order valence-electron chi connectivity index (χ2n) is 19.2. The van der Waals surface area contributed by atoms with E-state index in [2.05, 4.69) is 41.5 Å². The lowest BCUT2D eigenvalue weighted by Crippen LogP contribution is -2.30. The number of carbonyl (C=O) groups is 3. The first-order valence-corrected chi connectivity index (χ1v) is 25.6. The largest absolute Gasteiger partial charge is 0.462 e. The summed E-state index contributed by atoms with van der Waals surface area (Å²) in [7, 11) is 0. The van der Waals surface area contributed by atoms with Crippen molar-refractivity contribution < 1.29 is 28.6 Å². The summed E-state index contributed by atoms with van der Waals surface area (Å²) >= 11 is 0. The first-order valence-electron chi connectivity index (χ1n) is 25.6. The van der Waals surface area contributed by atoms with Crippen molar-refractivity contribution in [1.29, 1.82) is 0 Å². The van der Waals surface area contributed by atoms with Crippen molar-refractivity contribution in [2.45, 2.75) is 285 Å². The molecule has 0 unspecified atom stereocenters. The van der Waals surface area contributed by atoms with Gasteiger partial charge in [-0.05, 0) is 37.0 Å². The molecular weight excluding hydrogens is 721 g/mol. The van der Waals surface area contributed by atoms with Crippen LogP contribution in [0.1, 0.15) is 279 Å². The Labute approximate surface area is 361 Å². The molecule has 0 rings (SSSR count). The predicted molar refractivity (Wildman–Crippen MR) is 247 cm³/mol. The van der Waals surface area contributed by atoms with Crippen LogP contribution in [0.15, 0.2) is 0 Å². The predicted octanol–water partition coefficient (Wildman–Crippen LogP) is 16.4. The van der Waals surface area contributed by atoms with E-state index in [1.807, 2.05) is 0 Å². The number of ether oxygens (including phenoxy) is 3. The maximum atomic E-state index is 12.8. The molecule has 1 atom stereocenters. The summed E-state index contributed by atoms with van der Waals surface area (Å²) in [5, 5.41) is 0. The molecule has 0 saturated heterocycles. The Morgan fingerprint density at radius 1 is 0.293 bits per heavy atom. The van der Waals surface area contributed by atoms with Crippen molar-refractivity contribution >= 4 is 17.9 Å². The first kappa shape index (κ1) is 56.4. The van der Waals surface area contributed by atoms with E-state index in [1.165, 1.54) is 161 Å². The van der Waals surface area contributed by atoms with Gasteiger partial charge in [-0.15, -0.1) is 0 Å². The molecule has 0 aromatic heterocycles. The van der Waals surface area contributed by atoms with Gasteiger partial charge in [0.15, 0.2) is 6.10 Å². The van der Waals surface area contributed by atoms with E-state index in [9.17, 15) is 14.4 Å². The average molecular weight is 821 g/mol. The van der Waals surface area contributed by atoms with E-state index in [0.717, 1.165) is 75.5 Å². The molecule has 58 heavy (non-hydrogen) atoms. The van der Waals surface area contributed by atoms with Gasteiger partial charge in [0.1, 0.15) is 13.2 Å². The summed E-state index contributed by atoms with van der Waals surface area (Å²) in [5.74, 6) is 1.60. The third-order valence-electron chi connectivity index (χ3n) is 11.6. The minimum atomic E-state index is -0.762. The molecule has 0 spiro atoms. The van der Waals surface area contributed by atoms with Crippen LogP contribution in [0, 0.1) is 17.8 Å². The van der Waals surface area contributed by atoms with E-state index in [0.29, 0.717) is 19.3 Å². The molecule has 0 aliphatic heterocycles. The fourth-order valence-electron chi connectivity index (χ4n) is 7.76. The Morgan fingerprint density at radius 2 is 0.500 bits per heavy atom. The summed E-state index contributed by atoms with van der Waals surface area (Å²) in [4.78, 5) is 37.9. The van der Waals surface area contributed by atoms with Gasteiger partial charge < -0.3 is 14.2 Å². The quantitative estimate of drug-likeness (QED) is 0.0346. The van der Waals surface area contributed by atoms with Crippen molar-refractivity contribution in [2.75, 3.05) is 13.2 Å². The van der Waals surface area contributed by atoms with Crippen LogP contribution in [0.5, 0.6) is 0 Å². The number of rotatable bonds is 45. The SMILES string of the molecule is CC(C)CCCCCCCCCCCCCCCC(=O)OC[C@H](COC(=O)CCCCCCCCCCCC(C)C)OC(=O)CCCCCCCCCCCC(C)C. The highest BCUT2D eigenvalue weighted by atomic mass is 16.6. The van der Waals surface area contributed by atoms with Gasteiger partial charge in [-0.25, -0.2) is 0 Å². The van der Waals surface area contributed by atoms with Crippen LogP contribution in [-0.2, 0) is 28.6 Å². The zero-order valence-electron chi connectivity index (χ0n) is 39.8. The number of carbonyl (C=O) groups excluding carboxylic acids is 3. The highest BCUT2D eigenvalue weighted by Crippen LogP contribution is 2.17. The average Bonchev–Trinajstić information content (AvgIpc) is 3.18. The van der Waals surface area contributed by atoms with Crippen LogP contribution >= 0.6 is 0 Å². The van der Waals surface area contributed by atoms with Gasteiger partial charge in [0.2, 0.25) is 0 Å². The number of hydrogen-bond donors (Lipinski definition) is 0. The summed E-state index contributed by atoms with van der Waals surface area (Å²) in [5.41, 5.74) is 0. The Morgan fingerprint density at radius 3 is 0.741 bits per heavy atom. The van der Waals surface area contributed by atoms with Crippen molar-refractivity contribution in [1.82, 2.24) is 0 Å². The van der Waals surface area contributed by atoms with Crippen LogP contribution in [-0.4, -0.2) is 37.2 Å². The molecule has 344 valence electrons.